The van der Waals surface area contributed by atoms with E-state index in [0.717, 1.165) is 0 Å². The predicted octanol–water partition coefficient (Wildman–Crippen LogP) is 2.67. The molecule has 0 saturated carbocycles. The SMILES string of the molecule is CC(=O)Nc1cccc(C(=O)Nc2ccc3c(c2)OCCO3)c1. The third-order valence-corrected chi connectivity index (χ3v) is 3.25. The van der Waals surface area contributed by atoms with Crippen molar-refractivity contribution in [2.45, 2.75) is 6.92 Å². The first-order chi connectivity index (χ1) is 11.1. The molecule has 0 unspecified atom stereocenters. The molecule has 0 atom stereocenters. The van der Waals surface area contributed by atoms with E-state index in [1.165, 1.54) is 6.92 Å². The Kier molecular flexibility index (Phi) is 4.14. The number of amides is 2. The lowest BCUT2D eigenvalue weighted by molar-refractivity contribution is -0.114. The van der Waals surface area contributed by atoms with Crippen molar-refractivity contribution < 1.29 is 19.1 Å². The first-order valence-corrected chi connectivity index (χ1v) is 7.20. The molecular formula is C17H16N2O4. The zero-order chi connectivity index (χ0) is 16.2. The van der Waals surface area contributed by atoms with Gasteiger partial charge in [-0.15, -0.1) is 0 Å². The number of anilines is 2. The molecule has 6 nitrogen and oxygen atoms in total. The van der Waals surface area contributed by atoms with E-state index in [4.69, 9.17) is 9.47 Å². The predicted molar refractivity (Wildman–Crippen MR) is 86.1 cm³/mol. The molecule has 2 aromatic carbocycles. The summed E-state index contributed by atoms with van der Waals surface area (Å²) in [6, 6.07) is 12.0. The first-order valence-electron chi connectivity index (χ1n) is 7.20. The Hall–Kier alpha value is -3.02. The summed E-state index contributed by atoms with van der Waals surface area (Å²) in [7, 11) is 0. The number of fused-ring (bicyclic) bond motifs is 1. The Morgan fingerprint density at radius 2 is 1.65 bits per heavy atom. The summed E-state index contributed by atoms with van der Waals surface area (Å²) in [4.78, 5) is 23.4. The molecule has 23 heavy (non-hydrogen) atoms. The molecule has 2 N–H and O–H groups in total. The second-order valence-corrected chi connectivity index (χ2v) is 5.07. The summed E-state index contributed by atoms with van der Waals surface area (Å²) in [5.41, 5.74) is 1.64. The van der Waals surface area contributed by atoms with Gasteiger partial charge in [-0.2, -0.15) is 0 Å². The van der Waals surface area contributed by atoms with Gasteiger partial charge < -0.3 is 20.1 Å². The fourth-order valence-electron chi connectivity index (χ4n) is 2.27. The van der Waals surface area contributed by atoms with E-state index in [1.54, 1.807) is 42.5 Å². The summed E-state index contributed by atoms with van der Waals surface area (Å²) >= 11 is 0. The normalized spacial score (nSPS) is 12.4. The van der Waals surface area contributed by atoms with Crippen LogP contribution in [0.3, 0.4) is 0 Å². The number of benzene rings is 2. The van der Waals surface area contributed by atoms with E-state index in [0.29, 0.717) is 41.7 Å². The first kappa shape index (κ1) is 14.9. The smallest absolute Gasteiger partial charge is 0.255 e. The van der Waals surface area contributed by atoms with Crippen LogP contribution in [0.2, 0.25) is 0 Å². The van der Waals surface area contributed by atoms with Gasteiger partial charge in [-0.1, -0.05) is 6.07 Å². The van der Waals surface area contributed by atoms with Gasteiger partial charge in [-0.3, -0.25) is 9.59 Å². The summed E-state index contributed by atoms with van der Waals surface area (Å²) < 4.78 is 10.9. The van der Waals surface area contributed by atoms with E-state index in [9.17, 15) is 9.59 Å². The van der Waals surface area contributed by atoms with Crippen LogP contribution in [0.25, 0.3) is 0 Å². The number of carbonyl (C=O) groups excluding carboxylic acids is 2. The number of rotatable bonds is 3. The quantitative estimate of drug-likeness (QED) is 0.913. The van der Waals surface area contributed by atoms with Crippen LogP contribution >= 0.6 is 0 Å². The van der Waals surface area contributed by atoms with Crippen molar-refractivity contribution in [2.75, 3.05) is 23.8 Å². The van der Waals surface area contributed by atoms with E-state index in [2.05, 4.69) is 10.6 Å². The van der Waals surface area contributed by atoms with Crippen molar-refractivity contribution in [1.82, 2.24) is 0 Å². The van der Waals surface area contributed by atoms with Crippen molar-refractivity contribution in [3.8, 4) is 11.5 Å². The van der Waals surface area contributed by atoms with Crippen molar-refractivity contribution in [2.24, 2.45) is 0 Å². The number of nitrogens with one attached hydrogen (secondary N) is 2. The highest BCUT2D eigenvalue weighted by Crippen LogP contribution is 2.32. The van der Waals surface area contributed by atoms with Gasteiger partial charge in [0.25, 0.3) is 5.91 Å². The molecule has 1 heterocycles. The maximum absolute atomic E-state index is 12.3. The third kappa shape index (κ3) is 3.60. The minimum absolute atomic E-state index is 0.186. The zero-order valence-corrected chi connectivity index (χ0v) is 12.6. The van der Waals surface area contributed by atoms with Crippen LogP contribution in [0.4, 0.5) is 11.4 Å². The Bertz CT molecular complexity index is 758. The van der Waals surface area contributed by atoms with Crippen molar-refractivity contribution in [3.63, 3.8) is 0 Å². The van der Waals surface area contributed by atoms with Crippen molar-refractivity contribution >= 4 is 23.2 Å². The molecule has 3 rings (SSSR count). The zero-order valence-electron chi connectivity index (χ0n) is 12.6. The monoisotopic (exact) mass is 312 g/mol. The second-order valence-electron chi connectivity index (χ2n) is 5.07. The standard InChI is InChI=1S/C17H16N2O4/c1-11(20)18-13-4-2-3-12(9-13)17(21)19-14-5-6-15-16(10-14)23-8-7-22-15/h2-6,9-10H,7-8H2,1H3,(H,18,20)(H,19,21). The molecule has 118 valence electrons. The van der Waals surface area contributed by atoms with Crippen LogP contribution in [-0.4, -0.2) is 25.0 Å². The molecule has 0 aliphatic carbocycles. The molecule has 0 radical (unpaired) electrons. The van der Waals surface area contributed by atoms with Crippen LogP contribution < -0.4 is 20.1 Å². The van der Waals surface area contributed by atoms with Gasteiger partial charge in [0.15, 0.2) is 11.5 Å². The average molecular weight is 312 g/mol. The summed E-state index contributed by atoms with van der Waals surface area (Å²) in [6.45, 7) is 2.43. The number of carbonyl (C=O) groups is 2. The lowest BCUT2D eigenvalue weighted by Gasteiger charge is -2.19. The van der Waals surface area contributed by atoms with Gasteiger partial charge in [-0.05, 0) is 30.3 Å². The molecule has 2 amide bonds. The molecule has 2 aromatic rings. The number of ether oxygens (including phenoxy) is 2. The Morgan fingerprint density at radius 3 is 2.43 bits per heavy atom. The van der Waals surface area contributed by atoms with Gasteiger partial charge in [0.2, 0.25) is 5.91 Å². The number of hydrogen-bond donors (Lipinski definition) is 2. The topological polar surface area (TPSA) is 76.7 Å². The van der Waals surface area contributed by atoms with E-state index in [1.807, 2.05) is 0 Å². The molecule has 0 bridgehead atoms. The van der Waals surface area contributed by atoms with E-state index < -0.39 is 0 Å². The fraction of sp³-hybridized carbons (Fsp3) is 0.176. The molecule has 1 aliphatic heterocycles. The highest BCUT2D eigenvalue weighted by atomic mass is 16.6. The Labute approximate surface area is 133 Å². The van der Waals surface area contributed by atoms with Gasteiger partial charge in [-0.25, -0.2) is 0 Å². The summed E-state index contributed by atoms with van der Waals surface area (Å²) in [5.74, 6) is 0.825. The third-order valence-electron chi connectivity index (χ3n) is 3.25. The van der Waals surface area contributed by atoms with Crippen LogP contribution in [0, 0.1) is 0 Å². The van der Waals surface area contributed by atoms with Crippen LogP contribution in [0.1, 0.15) is 17.3 Å². The van der Waals surface area contributed by atoms with Crippen LogP contribution in [0.15, 0.2) is 42.5 Å². The highest BCUT2D eigenvalue weighted by Gasteiger charge is 2.13. The van der Waals surface area contributed by atoms with Gasteiger partial charge >= 0.3 is 0 Å². The largest absolute Gasteiger partial charge is 0.486 e. The second kappa shape index (κ2) is 6.39. The van der Waals surface area contributed by atoms with Gasteiger partial charge in [0.05, 0.1) is 0 Å². The summed E-state index contributed by atoms with van der Waals surface area (Å²) in [5, 5.41) is 5.45. The number of hydrogen-bond acceptors (Lipinski definition) is 4. The lowest BCUT2D eigenvalue weighted by Crippen LogP contribution is -2.16. The van der Waals surface area contributed by atoms with Crippen LogP contribution in [0.5, 0.6) is 11.5 Å². The maximum Gasteiger partial charge on any atom is 0.255 e. The maximum atomic E-state index is 12.3. The van der Waals surface area contributed by atoms with Crippen molar-refractivity contribution in [3.05, 3.63) is 48.0 Å². The minimum atomic E-state index is -0.270. The lowest BCUT2D eigenvalue weighted by atomic mass is 10.1. The summed E-state index contributed by atoms with van der Waals surface area (Å²) in [6.07, 6.45) is 0. The highest BCUT2D eigenvalue weighted by molar-refractivity contribution is 6.05. The molecule has 0 saturated heterocycles. The molecule has 1 aliphatic rings. The van der Waals surface area contributed by atoms with Gasteiger partial charge in [0, 0.05) is 29.9 Å². The van der Waals surface area contributed by atoms with E-state index >= 15 is 0 Å². The molecule has 0 fully saturated rings. The Balaban J connectivity index is 1.75. The average Bonchev–Trinajstić information content (AvgIpc) is 2.54. The molecule has 0 aromatic heterocycles. The van der Waals surface area contributed by atoms with Crippen molar-refractivity contribution in [1.29, 1.82) is 0 Å². The molecular weight excluding hydrogens is 296 g/mol. The molecule has 6 heteroatoms. The minimum Gasteiger partial charge on any atom is -0.486 e. The van der Waals surface area contributed by atoms with E-state index in [-0.39, 0.29) is 11.8 Å². The fourth-order valence-corrected chi connectivity index (χ4v) is 2.27. The van der Waals surface area contributed by atoms with Gasteiger partial charge in [0.1, 0.15) is 13.2 Å². The Morgan fingerprint density at radius 1 is 0.913 bits per heavy atom. The molecule has 0 spiro atoms. The van der Waals surface area contributed by atoms with Crippen LogP contribution in [-0.2, 0) is 4.79 Å².